The molecule has 2 aliphatic heterocycles. The number of rotatable bonds is 1. The van der Waals surface area contributed by atoms with Gasteiger partial charge in [-0.1, -0.05) is 24.6 Å². The number of nitrogens with one attached hydrogen (secondary N) is 1. The van der Waals surface area contributed by atoms with E-state index >= 15 is 0 Å². The molecule has 3 heterocycles. The van der Waals surface area contributed by atoms with Gasteiger partial charge in [-0.2, -0.15) is 0 Å². The summed E-state index contributed by atoms with van der Waals surface area (Å²) >= 11 is 0. The lowest BCUT2D eigenvalue weighted by molar-refractivity contribution is 0.392. The van der Waals surface area contributed by atoms with Crippen molar-refractivity contribution in [3.8, 4) is 0 Å². The van der Waals surface area contributed by atoms with Crippen LogP contribution in [0.5, 0.6) is 0 Å². The van der Waals surface area contributed by atoms with Crippen molar-refractivity contribution in [2.45, 2.75) is 44.7 Å². The van der Waals surface area contributed by atoms with Crippen LogP contribution in [0.3, 0.4) is 0 Å². The minimum Gasteiger partial charge on any atom is -0.343 e. The Morgan fingerprint density at radius 1 is 1.17 bits per heavy atom. The Morgan fingerprint density at radius 3 is 3.06 bits per heavy atom. The summed E-state index contributed by atoms with van der Waals surface area (Å²) in [5.74, 6) is 0. The van der Waals surface area contributed by atoms with Crippen LogP contribution >= 0.6 is 0 Å². The van der Waals surface area contributed by atoms with Crippen molar-refractivity contribution in [3.63, 3.8) is 0 Å². The number of para-hydroxylation sites is 1. The molecule has 4 rings (SSSR count). The van der Waals surface area contributed by atoms with Crippen LogP contribution in [0.15, 0.2) is 24.3 Å². The second kappa shape index (κ2) is 4.13. The predicted octanol–water partition coefficient (Wildman–Crippen LogP) is 3.40. The van der Waals surface area contributed by atoms with E-state index in [0.29, 0.717) is 6.04 Å². The molecule has 0 aliphatic carbocycles. The molecule has 1 saturated heterocycles. The van der Waals surface area contributed by atoms with Crippen molar-refractivity contribution in [2.24, 2.45) is 0 Å². The molecule has 18 heavy (non-hydrogen) atoms. The quantitative estimate of drug-likeness (QED) is 0.808. The summed E-state index contributed by atoms with van der Waals surface area (Å²) in [5, 5.41) is 5.13. The summed E-state index contributed by atoms with van der Waals surface area (Å²) < 4.78 is 2.58. The highest BCUT2D eigenvalue weighted by Gasteiger charge is 2.22. The van der Waals surface area contributed by atoms with E-state index in [1.54, 1.807) is 5.56 Å². The van der Waals surface area contributed by atoms with Gasteiger partial charge in [0.25, 0.3) is 0 Å². The van der Waals surface area contributed by atoms with E-state index in [4.69, 9.17) is 0 Å². The molecule has 1 N–H and O–H groups in total. The molecule has 2 aromatic rings. The molecular formula is C16H20N2. The zero-order valence-corrected chi connectivity index (χ0v) is 10.8. The predicted molar refractivity (Wildman–Crippen MR) is 74.9 cm³/mol. The third kappa shape index (κ3) is 1.52. The number of aryl methyl sites for hydroxylation is 2. The van der Waals surface area contributed by atoms with Crippen LogP contribution in [0.1, 0.15) is 43.0 Å². The van der Waals surface area contributed by atoms with E-state index in [9.17, 15) is 0 Å². The molecule has 0 bridgehead atoms. The highest BCUT2D eigenvalue weighted by atomic mass is 15.0. The Bertz CT molecular complexity index is 576. The molecule has 1 aromatic heterocycles. The summed E-state index contributed by atoms with van der Waals surface area (Å²) in [6.45, 7) is 2.38. The van der Waals surface area contributed by atoms with Crippen molar-refractivity contribution >= 4 is 10.9 Å². The number of hydrogen-bond acceptors (Lipinski definition) is 1. The van der Waals surface area contributed by atoms with E-state index in [0.717, 1.165) is 0 Å². The van der Waals surface area contributed by atoms with Crippen LogP contribution in [0.4, 0.5) is 0 Å². The van der Waals surface area contributed by atoms with Crippen molar-refractivity contribution in [1.82, 2.24) is 9.88 Å². The zero-order valence-electron chi connectivity index (χ0n) is 10.8. The molecule has 1 aromatic carbocycles. The van der Waals surface area contributed by atoms with Gasteiger partial charge in [-0.3, -0.25) is 0 Å². The first-order valence-electron chi connectivity index (χ1n) is 7.28. The van der Waals surface area contributed by atoms with Gasteiger partial charge in [-0.15, -0.1) is 0 Å². The zero-order chi connectivity index (χ0) is 11.9. The molecule has 1 fully saturated rings. The SMILES string of the molecule is c1cc2c3c(c1)cc(C1CCCCN1)n3CCC2. The Labute approximate surface area is 108 Å². The Balaban J connectivity index is 1.88. The van der Waals surface area contributed by atoms with Crippen LogP contribution in [0.25, 0.3) is 10.9 Å². The fraction of sp³-hybridized carbons (Fsp3) is 0.500. The van der Waals surface area contributed by atoms with Crippen LogP contribution < -0.4 is 5.32 Å². The lowest BCUT2D eigenvalue weighted by Crippen LogP contribution is -2.29. The van der Waals surface area contributed by atoms with Gasteiger partial charge in [-0.25, -0.2) is 0 Å². The minimum atomic E-state index is 0.581. The van der Waals surface area contributed by atoms with Gasteiger partial charge in [0.15, 0.2) is 0 Å². The second-order valence-electron chi connectivity index (χ2n) is 5.68. The number of aromatic nitrogens is 1. The highest BCUT2D eigenvalue weighted by Crippen LogP contribution is 2.33. The van der Waals surface area contributed by atoms with Crippen LogP contribution in [0.2, 0.25) is 0 Å². The Morgan fingerprint density at radius 2 is 2.17 bits per heavy atom. The fourth-order valence-corrected chi connectivity index (χ4v) is 3.69. The van der Waals surface area contributed by atoms with Crippen LogP contribution in [0, 0.1) is 0 Å². The molecule has 0 spiro atoms. The fourth-order valence-electron chi connectivity index (χ4n) is 3.69. The van der Waals surface area contributed by atoms with Crippen molar-refractivity contribution in [3.05, 3.63) is 35.5 Å². The molecule has 0 saturated carbocycles. The minimum absolute atomic E-state index is 0.581. The number of piperidine rings is 1. The first-order valence-corrected chi connectivity index (χ1v) is 7.28. The van der Waals surface area contributed by atoms with Gasteiger partial charge < -0.3 is 9.88 Å². The summed E-state index contributed by atoms with van der Waals surface area (Å²) in [5.41, 5.74) is 4.57. The van der Waals surface area contributed by atoms with Gasteiger partial charge in [0, 0.05) is 23.7 Å². The average Bonchev–Trinajstić information content (AvgIpc) is 2.82. The smallest absolute Gasteiger partial charge is 0.0515 e. The van der Waals surface area contributed by atoms with Gasteiger partial charge in [0.05, 0.1) is 5.52 Å². The van der Waals surface area contributed by atoms with E-state index in [1.165, 1.54) is 61.8 Å². The van der Waals surface area contributed by atoms with Crippen molar-refractivity contribution < 1.29 is 0 Å². The maximum Gasteiger partial charge on any atom is 0.0515 e. The molecule has 2 aliphatic rings. The average molecular weight is 240 g/mol. The number of hydrogen-bond donors (Lipinski definition) is 1. The summed E-state index contributed by atoms with van der Waals surface area (Å²) in [7, 11) is 0. The summed E-state index contributed by atoms with van der Waals surface area (Å²) in [6, 6.07) is 9.79. The molecule has 2 heteroatoms. The topological polar surface area (TPSA) is 17.0 Å². The Kier molecular flexibility index (Phi) is 2.44. The third-order valence-electron chi connectivity index (χ3n) is 4.53. The van der Waals surface area contributed by atoms with Gasteiger partial charge in [-0.05, 0) is 43.9 Å². The lowest BCUT2D eigenvalue weighted by atomic mass is 10.0. The molecule has 0 radical (unpaired) electrons. The largest absolute Gasteiger partial charge is 0.343 e. The highest BCUT2D eigenvalue weighted by molar-refractivity contribution is 5.85. The maximum atomic E-state index is 3.69. The standard InChI is InChI=1S/C16H20N2/c1-2-9-17-14(8-1)15-11-13-6-3-5-12-7-4-10-18(15)16(12)13/h3,5-6,11,14,17H,1-2,4,7-10H2. The normalized spacial score (nSPS) is 23.4. The first kappa shape index (κ1) is 10.6. The van der Waals surface area contributed by atoms with E-state index in [2.05, 4.69) is 34.1 Å². The van der Waals surface area contributed by atoms with Gasteiger partial charge >= 0.3 is 0 Å². The third-order valence-corrected chi connectivity index (χ3v) is 4.53. The van der Waals surface area contributed by atoms with Crippen LogP contribution in [-0.4, -0.2) is 11.1 Å². The second-order valence-corrected chi connectivity index (χ2v) is 5.68. The number of nitrogens with zero attached hydrogens (tertiary/aromatic N) is 1. The molecule has 2 nitrogen and oxygen atoms in total. The van der Waals surface area contributed by atoms with Gasteiger partial charge in [0.1, 0.15) is 0 Å². The Hall–Kier alpha value is -1.28. The van der Waals surface area contributed by atoms with E-state index in [1.807, 2.05) is 0 Å². The van der Waals surface area contributed by atoms with E-state index in [-0.39, 0.29) is 0 Å². The van der Waals surface area contributed by atoms with Gasteiger partial charge in [0.2, 0.25) is 0 Å². The molecular weight excluding hydrogens is 220 g/mol. The first-order chi connectivity index (χ1) is 8.93. The van der Waals surface area contributed by atoms with E-state index < -0.39 is 0 Å². The lowest BCUT2D eigenvalue weighted by Gasteiger charge is -2.26. The number of benzene rings is 1. The monoisotopic (exact) mass is 240 g/mol. The molecule has 0 amide bonds. The molecule has 1 atom stereocenters. The molecule has 94 valence electrons. The molecule has 1 unspecified atom stereocenters. The maximum absolute atomic E-state index is 3.69. The summed E-state index contributed by atoms with van der Waals surface area (Å²) in [4.78, 5) is 0. The van der Waals surface area contributed by atoms with Crippen molar-refractivity contribution in [1.29, 1.82) is 0 Å². The van der Waals surface area contributed by atoms with Crippen LogP contribution in [-0.2, 0) is 13.0 Å². The van der Waals surface area contributed by atoms with Crippen molar-refractivity contribution in [2.75, 3.05) is 6.54 Å². The summed E-state index contributed by atoms with van der Waals surface area (Å²) in [6.07, 6.45) is 6.54.